The summed E-state index contributed by atoms with van der Waals surface area (Å²) in [6.07, 6.45) is 4.18. The maximum Gasteiger partial charge on any atom is 0.237 e. The van der Waals surface area contributed by atoms with Gasteiger partial charge in [-0.05, 0) is 40.5 Å². The Morgan fingerprint density at radius 1 is 1.45 bits per heavy atom. The van der Waals surface area contributed by atoms with Gasteiger partial charge in [-0.2, -0.15) is 5.10 Å². The third-order valence-electron chi connectivity index (χ3n) is 4.64. The Labute approximate surface area is 121 Å². The van der Waals surface area contributed by atoms with Crippen molar-refractivity contribution in [1.29, 1.82) is 0 Å². The van der Waals surface area contributed by atoms with E-state index in [4.69, 9.17) is 0 Å². The lowest BCUT2D eigenvalue weighted by atomic mass is 10.2. The summed E-state index contributed by atoms with van der Waals surface area (Å²) >= 11 is 0. The highest BCUT2D eigenvalue weighted by atomic mass is 16.2. The number of hydrogen-bond acceptors (Lipinski definition) is 3. The van der Waals surface area contributed by atoms with Crippen LogP contribution in [0, 0.1) is 6.92 Å². The number of rotatable bonds is 4. The Morgan fingerprint density at radius 2 is 2.05 bits per heavy atom. The molecule has 1 saturated heterocycles. The lowest BCUT2D eigenvalue weighted by Crippen LogP contribution is -2.48. The zero-order valence-corrected chi connectivity index (χ0v) is 13.2. The van der Waals surface area contributed by atoms with E-state index in [9.17, 15) is 4.79 Å². The Balaban J connectivity index is 1.93. The van der Waals surface area contributed by atoms with Crippen molar-refractivity contribution in [2.75, 3.05) is 0 Å². The van der Waals surface area contributed by atoms with E-state index in [1.807, 2.05) is 31.8 Å². The first-order chi connectivity index (χ1) is 9.41. The second-order valence-electron chi connectivity index (χ2n) is 6.00. The van der Waals surface area contributed by atoms with Crippen molar-refractivity contribution in [2.24, 2.45) is 7.05 Å². The largest absolute Gasteiger partial charge is 0.351 e. The molecule has 1 amide bonds. The van der Waals surface area contributed by atoms with E-state index >= 15 is 0 Å². The van der Waals surface area contributed by atoms with Crippen LogP contribution in [0.2, 0.25) is 0 Å². The van der Waals surface area contributed by atoms with Crippen LogP contribution in [-0.4, -0.2) is 38.7 Å². The number of carbonyl (C=O) groups is 1. The Kier molecular flexibility index (Phi) is 4.48. The van der Waals surface area contributed by atoms with Crippen molar-refractivity contribution in [2.45, 2.75) is 65.2 Å². The minimum Gasteiger partial charge on any atom is -0.351 e. The molecule has 5 heteroatoms. The van der Waals surface area contributed by atoms with E-state index in [2.05, 4.69) is 29.2 Å². The molecule has 0 bridgehead atoms. The average Bonchev–Trinajstić information content (AvgIpc) is 2.91. The molecule has 3 atom stereocenters. The number of likely N-dealkylation sites (tertiary alicyclic amines) is 1. The van der Waals surface area contributed by atoms with Crippen LogP contribution in [0.3, 0.4) is 0 Å². The van der Waals surface area contributed by atoms with Crippen LogP contribution in [-0.2, 0) is 18.4 Å². The minimum absolute atomic E-state index is 0.0699. The third kappa shape index (κ3) is 2.87. The van der Waals surface area contributed by atoms with Crippen molar-refractivity contribution in [3.63, 3.8) is 0 Å². The van der Waals surface area contributed by atoms with Gasteiger partial charge in [0.1, 0.15) is 0 Å². The van der Waals surface area contributed by atoms with Crippen LogP contribution < -0.4 is 5.32 Å². The number of aromatic nitrogens is 2. The number of nitrogens with one attached hydrogen (secondary N) is 1. The third-order valence-corrected chi connectivity index (χ3v) is 4.64. The van der Waals surface area contributed by atoms with Crippen LogP contribution in [0.15, 0.2) is 6.20 Å². The van der Waals surface area contributed by atoms with Crippen LogP contribution >= 0.6 is 0 Å². The normalized spacial score (nSPS) is 24.9. The molecular formula is C15H26N4O. The summed E-state index contributed by atoms with van der Waals surface area (Å²) in [5.41, 5.74) is 2.18. The summed E-state index contributed by atoms with van der Waals surface area (Å²) < 4.78 is 1.83. The predicted molar refractivity (Wildman–Crippen MR) is 79.3 cm³/mol. The number of nitrogens with zero attached hydrogens (tertiary/aromatic N) is 3. The number of aryl methyl sites for hydroxylation is 1. The van der Waals surface area contributed by atoms with Gasteiger partial charge in [0.15, 0.2) is 0 Å². The monoisotopic (exact) mass is 278 g/mol. The molecule has 1 aliphatic rings. The molecular weight excluding hydrogens is 252 g/mol. The van der Waals surface area contributed by atoms with Crippen molar-refractivity contribution < 1.29 is 4.79 Å². The van der Waals surface area contributed by atoms with E-state index in [1.54, 1.807) is 0 Å². The summed E-state index contributed by atoms with van der Waals surface area (Å²) in [7, 11) is 1.91. The zero-order chi connectivity index (χ0) is 14.9. The molecule has 2 rings (SSSR count). The molecule has 1 aliphatic heterocycles. The molecule has 0 unspecified atom stereocenters. The highest BCUT2D eigenvalue weighted by Crippen LogP contribution is 2.25. The van der Waals surface area contributed by atoms with Gasteiger partial charge in [0.2, 0.25) is 5.91 Å². The topological polar surface area (TPSA) is 50.2 Å². The number of carbonyl (C=O) groups excluding carboxylic acids is 1. The van der Waals surface area contributed by atoms with E-state index in [1.165, 1.54) is 12.8 Å². The first-order valence-electron chi connectivity index (χ1n) is 7.44. The maximum atomic E-state index is 12.3. The van der Waals surface area contributed by atoms with Gasteiger partial charge >= 0.3 is 0 Å². The highest BCUT2D eigenvalue weighted by molar-refractivity contribution is 5.81. The van der Waals surface area contributed by atoms with Gasteiger partial charge < -0.3 is 5.32 Å². The van der Waals surface area contributed by atoms with E-state index < -0.39 is 0 Å². The first-order valence-corrected chi connectivity index (χ1v) is 7.44. The van der Waals surface area contributed by atoms with Gasteiger partial charge in [0.25, 0.3) is 0 Å². The van der Waals surface area contributed by atoms with Gasteiger partial charge in [0, 0.05) is 36.9 Å². The van der Waals surface area contributed by atoms with Gasteiger partial charge in [-0.15, -0.1) is 0 Å². The van der Waals surface area contributed by atoms with Crippen LogP contribution in [0.4, 0.5) is 0 Å². The summed E-state index contributed by atoms with van der Waals surface area (Å²) in [5.74, 6) is 0.105. The molecule has 0 radical (unpaired) electrons. The maximum absolute atomic E-state index is 12.3. The molecule has 0 aromatic carbocycles. The lowest BCUT2D eigenvalue weighted by Gasteiger charge is -2.31. The number of amides is 1. The second-order valence-corrected chi connectivity index (χ2v) is 6.00. The smallest absolute Gasteiger partial charge is 0.237 e. The van der Waals surface area contributed by atoms with E-state index in [0.29, 0.717) is 18.6 Å². The number of hydrogen-bond donors (Lipinski definition) is 1. The summed E-state index contributed by atoms with van der Waals surface area (Å²) in [6, 6.07) is 0.913. The summed E-state index contributed by atoms with van der Waals surface area (Å²) in [6.45, 7) is 8.99. The molecule has 0 aliphatic carbocycles. The molecule has 5 nitrogen and oxygen atoms in total. The SMILES string of the molecule is Cc1c(CNC(=O)[C@H](C)N2[C@H](C)CC[C@H]2C)cnn1C. The highest BCUT2D eigenvalue weighted by Gasteiger charge is 2.34. The lowest BCUT2D eigenvalue weighted by molar-refractivity contribution is -0.127. The standard InChI is InChI=1S/C15H26N4O/c1-10-6-7-11(2)19(10)13(4)15(20)16-8-14-9-17-18(5)12(14)3/h9-11,13H,6-8H2,1-5H3,(H,16,20)/t10-,11-,13+/m1/s1. The minimum atomic E-state index is -0.0699. The molecule has 112 valence electrons. The quantitative estimate of drug-likeness (QED) is 0.910. The predicted octanol–water partition coefficient (Wildman–Crippen LogP) is 1.61. The van der Waals surface area contributed by atoms with Gasteiger partial charge in [-0.3, -0.25) is 14.4 Å². The van der Waals surface area contributed by atoms with Crippen molar-refractivity contribution in [1.82, 2.24) is 20.0 Å². The van der Waals surface area contributed by atoms with Crippen LogP contribution in [0.5, 0.6) is 0 Å². The van der Waals surface area contributed by atoms with Crippen molar-refractivity contribution >= 4 is 5.91 Å². The van der Waals surface area contributed by atoms with Crippen LogP contribution in [0.1, 0.15) is 44.9 Å². The first kappa shape index (κ1) is 15.0. The molecule has 20 heavy (non-hydrogen) atoms. The Bertz CT molecular complexity index is 472. The zero-order valence-electron chi connectivity index (χ0n) is 13.2. The average molecular weight is 278 g/mol. The van der Waals surface area contributed by atoms with E-state index in [-0.39, 0.29) is 11.9 Å². The molecule has 1 aromatic rings. The van der Waals surface area contributed by atoms with Crippen molar-refractivity contribution in [3.8, 4) is 0 Å². The molecule has 1 N–H and O–H groups in total. The molecule has 2 heterocycles. The fraction of sp³-hybridized carbons (Fsp3) is 0.733. The fourth-order valence-electron chi connectivity index (χ4n) is 3.16. The van der Waals surface area contributed by atoms with Gasteiger partial charge in [-0.25, -0.2) is 0 Å². The van der Waals surface area contributed by atoms with E-state index in [0.717, 1.165) is 11.3 Å². The molecule has 0 saturated carbocycles. The van der Waals surface area contributed by atoms with Crippen molar-refractivity contribution in [3.05, 3.63) is 17.5 Å². The molecule has 1 fully saturated rings. The van der Waals surface area contributed by atoms with Crippen LogP contribution in [0.25, 0.3) is 0 Å². The fourth-order valence-corrected chi connectivity index (χ4v) is 3.16. The Morgan fingerprint density at radius 3 is 2.55 bits per heavy atom. The summed E-state index contributed by atoms with van der Waals surface area (Å²) in [4.78, 5) is 14.7. The molecule has 0 spiro atoms. The second kappa shape index (κ2) is 5.95. The van der Waals surface area contributed by atoms with Gasteiger partial charge in [-0.1, -0.05) is 0 Å². The molecule has 1 aromatic heterocycles. The Hall–Kier alpha value is -1.36. The van der Waals surface area contributed by atoms with Gasteiger partial charge in [0.05, 0.1) is 12.2 Å². The summed E-state index contributed by atoms with van der Waals surface area (Å²) in [5, 5.41) is 7.23.